The van der Waals surface area contributed by atoms with Gasteiger partial charge in [0.15, 0.2) is 0 Å². The van der Waals surface area contributed by atoms with Crippen LogP contribution in [0.3, 0.4) is 0 Å². The van der Waals surface area contributed by atoms with E-state index in [0.717, 1.165) is 0 Å². The minimum Gasteiger partial charge on any atom is -0.478 e. The van der Waals surface area contributed by atoms with Gasteiger partial charge in [-0.25, -0.2) is 4.79 Å². The van der Waals surface area contributed by atoms with Crippen LogP contribution in [0.1, 0.15) is 21.5 Å². The summed E-state index contributed by atoms with van der Waals surface area (Å²) in [6.07, 6.45) is 0. The Labute approximate surface area is 127 Å². The van der Waals surface area contributed by atoms with Crippen LogP contribution in [-0.2, 0) is 7.59 Å². The monoisotopic (exact) mass is 354 g/mol. The fourth-order valence-electron chi connectivity index (χ4n) is 1.14. The molecule has 0 radical (unpaired) electrons. The van der Waals surface area contributed by atoms with Crippen LogP contribution in [0.25, 0.3) is 0 Å². The molecule has 0 unspecified atom stereocenters. The Bertz CT molecular complexity index is 446. The summed E-state index contributed by atoms with van der Waals surface area (Å²) >= 11 is 34.0. The molecule has 94 valence electrons. The fraction of sp³-hybridized carbons (Fsp3) is 0.222. The second-order valence-corrected chi connectivity index (χ2v) is 7.62. The van der Waals surface area contributed by atoms with Crippen LogP contribution < -0.4 is 0 Å². The first kappa shape index (κ1) is 15.5. The molecule has 1 aromatic carbocycles. The summed E-state index contributed by atoms with van der Waals surface area (Å²) in [6.45, 7) is 0. The number of halogens is 6. The summed E-state index contributed by atoms with van der Waals surface area (Å²) in [4.78, 5) is 11.0. The topological polar surface area (TPSA) is 37.3 Å². The number of hydrogen-bond donors (Lipinski definition) is 1. The molecule has 2 nitrogen and oxygen atoms in total. The number of aromatic carboxylic acids is 1. The zero-order chi connectivity index (χ0) is 13.4. The third-order valence-electron chi connectivity index (χ3n) is 1.88. The van der Waals surface area contributed by atoms with E-state index in [-0.39, 0.29) is 16.7 Å². The van der Waals surface area contributed by atoms with E-state index in [0.29, 0.717) is 0 Å². The molecule has 0 amide bonds. The van der Waals surface area contributed by atoms with Gasteiger partial charge in [-0.1, -0.05) is 75.7 Å². The molecule has 0 bridgehead atoms. The molecule has 0 saturated carbocycles. The van der Waals surface area contributed by atoms with Crippen molar-refractivity contribution in [3.05, 3.63) is 34.9 Å². The zero-order valence-electron chi connectivity index (χ0n) is 7.86. The fourth-order valence-corrected chi connectivity index (χ4v) is 1.96. The predicted molar refractivity (Wildman–Crippen MR) is 71.9 cm³/mol. The highest BCUT2D eigenvalue weighted by Crippen LogP contribution is 2.44. The number of rotatable bonds is 1. The Hall–Kier alpha value is 0.430. The first-order chi connectivity index (χ1) is 7.53. The van der Waals surface area contributed by atoms with Crippen LogP contribution in [0.2, 0.25) is 0 Å². The van der Waals surface area contributed by atoms with Gasteiger partial charge in [0.05, 0.1) is 5.56 Å². The summed E-state index contributed by atoms with van der Waals surface area (Å²) in [5.74, 6) is -1.23. The number of carboxylic acid groups (broad SMARTS) is 1. The van der Waals surface area contributed by atoms with E-state index in [1.807, 2.05) is 0 Å². The van der Waals surface area contributed by atoms with Crippen molar-refractivity contribution < 1.29 is 9.90 Å². The van der Waals surface area contributed by atoms with Crippen LogP contribution in [0.15, 0.2) is 18.2 Å². The number of carboxylic acids is 1. The summed E-state index contributed by atoms with van der Waals surface area (Å²) in [6, 6.07) is 3.80. The lowest BCUT2D eigenvalue weighted by Crippen LogP contribution is -2.12. The Kier molecular flexibility index (Phi) is 4.74. The maximum atomic E-state index is 11.0. The van der Waals surface area contributed by atoms with Crippen LogP contribution in [0, 0.1) is 0 Å². The third-order valence-corrected chi connectivity index (χ3v) is 3.15. The first-order valence-corrected chi connectivity index (χ1v) is 6.32. The van der Waals surface area contributed by atoms with Crippen molar-refractivity contribution in [2.24, 2.45) is 0 Å². The summed E-state index contributed by atoms with van der Waals surface area (Å²) in [7, 11) is 0. The molecule has 0 aliphatic rings. The average molecular weight is 357 g/mol. The number of alkyl halides is 6. The molecular weight excluding hydrogens is 353 g/mol. The quantitative estimate of drug-likeness (QED) is 0.716. The maximum Gasteiger partial charge on any atom is 0.336 e. The summed E-state index contributed by atoms with van der Waals surface area (Å²) in [5.41, 5.74) is -0.00403. The van der Waals surface area contributed by atoms with Gasteiger partial charge in [-0.3, -0.25) is 0 Å². The Morgan fingerprint density at radius 3 is 1.88 bits per heavy atom. The van der Waals surface area contributed by atoms with Crippen molar-refractivity contribution in [2.75, 3.05) is 0 Å². The van der Waals surface area contributed by atoms with Gasteiger partial charge in [0.2, 0.25) is 7.59 Å². The number of hydrogen-bond acceptors (Lipinski definition) is 1. The molecule has 0 atom stereocenters. The van der Waals surface area contributed by atoms with Gasteiger partial charge in [-0.05, 0) is 12.1 Å². The minimum absolute atomic E-state index is 0.0566. The second-order valence-electron chi connectivity index (χ2n) is 3.06. The Morgan fingerprint density at radius 2 is 1.53 bits per heavy atom. The van der Waals surface area contributed by atoms with Crippen molar-refractivity contribution in [1.29, 1.82) is 0 Å². The predicted octanol–water partition coefficient (Wildman–Crippen LogP) is 5.04. The molecule has 0 aromatic heterocycles. The molecule has 1 N–H and O–H groups in total. The molecule has 17 heavy (non-hydrogen) atoms. The van der Waals surface area contributed by atoms with E-state index in [9.17, 15) is 4.79 Å². The largest absolute Gasteiger partial charge is 0.478 e. The van der Waals surface area contributed by atoms with Crippen molar-refractivity contribution in [1.82, 2.24) is 0 Å². The van der Waals surface area contributed by atoms with E-state index in [1.165, 1.54) is 18.2 Å². The van der Waals surface area contributed by atoms with Gasteiger partial charge >= 0.3 is 5.97 Å². The molecule has 0 spiro atoms. The van der Waals surface area contributed by atoms with Crippen molar-refractivity contribution >= 4 is 75.6 Å². The lowest BCUT2D eigenvalue weighted by molar-refractivity contribution is 0.0695. The lowest BCUT2D eigenvalue weighted by Gasteiger charge is -2.18. The smallest absolute Gasteiger partial charge is 0.336 e. The highest BCUT2D eigenvalue weighted by atomic mass is 35.6. The zero-order valence-corrected chi connectivity index (χ0v) is 12.4. The maximum absolute atomic E-state index is 11.0. The van der Waals surface area contributed by atoms with Gasteiger partial charge in [0, 0.05) is 11.1 Å². The van der Waals surface area contributed by atoms with Gasteiger partial charge in [0.25, 0.3) is 0 Å². The molecule has 0 saturated heterocycles. The van der Waals surface area contributed by atoms with Gasteiger partial charge in [0.1, 0.15) is 0 Å². The Morgan fingerprint density at radius 1 is 1.00 bits per heavy atom. The van der Waals surface area contributed by atoms with E-state index in [4.69, 9.17) is 74.7 Å². The van der Waals surface area contributed by atoms with Gasteiger partial charge < -0.3 is 5.11 Å². The van der Waals surface area contributed by atoms with E-state index < -0.39 is 13.6 Å². The highest BCUT2D eigenvalue weighted by Gasteiger charge is 2.32. The van der Waals surface area contributed by atoms with Crippen LogP contribution >= 0.6 is 69.6 Å². The van der Waals surface area contributed by atoms with E-state index in [1.54, 1.807) is 0 Å². The van der Waals surface area contributed by atoms with Crippen LogP contribution in [0.4, 0.5) is 0 Å². The molecule has 1 rings (SSSR count). The molecule has 0 aliphatic heterocycles. The molecule has 0 heterocycles. The van der Waals surface area contributed by atoms with E-state index >= 15 is 0 Å². The normalized spacial score (nSPS) is 12.6. The minimum atomic E-state index is -1.92. The van der Waals surface area contributed by atoms with Crippen LogP contribution in [-0.4, -0.2) is 11.1 Å². The number of carbonyl (C=O) groups is 1. The first-order valence-electron chi connectivity index (χ1n) is 4.05. The third kappa shape index (κ3) is 3.95. The Balaban J connectivity index is 3.46. The van der Waals surface area contributed by atoms with Crippen molar-refractivity contribution in [3.63, 3.8) is 0 Å². The number of benzene rings is 1. The van der Waals surface area contributed by atoms with E-state index in [2.05, 4.69) is 0 Å². The standard InChI is InChI=1S/C9H4Cl6O2/c10-8(11,12)4-1-2-5(7(16)17)6(3-4)9(13,14)15/h1-3H,(H,16,17). The average Bonchev–Trinajstić information content (AvgIpc) is 2.14. The van der Waals surface area contributed by atoms with Crippen molar-refractivity contribution in [2.45, 2.75) is 7.59 Å². The van der Waals surface area contributed by atoms with Gasteiger partial charge in [-0.2, -0.15) is 0 Å². The SMILES string of the molecule is O=C(O)c1ccc(C(Cl)(Cl)Cl)cc1C(Cl)(Cl)Cl. The molecule has 1 aromatic rings. The molecule has 0 aliphatic carbocycles. The summed E-state index contributed by atoms with van der Waals surface area (Å²) < 4.78 is -3.64. The molecule has 0 fully saturated rings. The highest BCUT2D eigenvalue weighted by molar-refractivity contribution is 6.67. The van der Waals surface area contributed by atoms with Crippen LogP contribution in [0.5, 0.6) is 0 Å². The second kappa shape index (κ2) is 5.20. The van der Waals surface area contributed by atoms with Crippen molar-refractivity contribution in [3.8, 4) is 0 Å². The van der Waals surface area contributed by atoms with Gasteiger partial charge in [-0.15, -0.1) is 0 Å². The summed E-state index contributed by atoms with van der Waals surface area (Å²) in [5, 5.41) is 8.95. The lowest BCUT2D eigenvalue weighted by atomic mass is 10.1. The molecular formula is C9H4Cl6O2. The molecule has 8 heteroatoms.